The first-order chi connectivity index (χ1) is 9.18. The van der Waals surface area contributed by atoms with Gasteiger partial charge in [-0.15, -0.1) is 0 Å². The Hall–Kier alpha value is -1.70. The number of urea groups is 1. The highest BCUT2D eigenvalue weighted by Gasteiger charge is 2.32. The average Bonchev–Trinajstić information content (AvgIpc) is 2.91. The van der Waals surface area contributed by atoms with E-state index in [1.54, 1.807) is 24.2 Å². The van der Waals surface area contributed by atoms with E-state index in [0.717, 1.165) is 11.6 Å². The van der Waals surface area contributed by atoms with Crippen LogP contribution in [0.25, 0.3) is 0 Å². The molecule has 3 N–H and O–H groups in total. The highest BCUT2D eigenvalue weighted by molar-refractivity contribution is 7.99. The number of nitrogens with one attached hydrogen (secondary N) is 2. The minimum absolute atomic E-state index is 0.320. The van der Waals surface area contributed by atoms with Gasteiger partial charge in [0.1, 0.15) is 11.9 Å². The van der Waals surface area contributed by atoms with E-state index in [1.165, 1.54) is 4.90 Å². The number of aromatic nitrogens is 2. The molecular formula is C11H16N4O3S. The number of amides is 2. The lowest BCUT2D eigenvalue weighted by Crippen LogP contribution is -2.54. The van der Waals surface area contributed by atoms with Crippen molar-refractivity contribution in [3.05, 3.63) is 18.2 Å². The molecule has 1 atom stereocenters. The summed E-state index contributed by atoms with van der Waals surface area (Å²) in [5.74, 6) is 1.06. The summed E-state index contributed by atoms with van der Waals surface area (Å²) in [6.07, 6.45) is 3.97. The number of hydrogen-bond acceptors (Lipinski definition) is 4. The Morgan fingerprint density at radius 2 is 2.47 bits per heavy atom. The van der Waals surface area contributed by atoms with Crippen molar-refractivity contribution >= 4 is 23.8 Å². The number of hydrogen-bond donors (Lipinski definition) is 3. The van der Waals surface area contributed by atoms with Crippen molar-refractivity contribution in [2.24, 2.45) is 0 Å². The van der Waals surface area contributed by atoms with Crippen LogP contribution in [0.15, 0.2) is 12.4 Å². The average molecular weight is 284 g/mol. The first-order valence-electron chi connectivity index (χ1n) is 6.02. The van der Waals surface area contributed by atoms with Crippen molar-refractivity contribution in [2.75, 3.05) is 24.6 Å². The van der Waals surface area contributed by atoms with Crippen LogP contribution in [0.5, 0.6) is 0 Å². The zero-order chi connectivity index (χ0) is 13.7. The smallest absolute Gasteiger partial charge is 0.327 e. The number of aromatic amines is 1. The summed E-state index contributed by atoms with van der Waals surface area (Å²) in [5, 5.41) is 11.8. The zero-order valence-electron chi connectivity index (χ0n) is 10.3. The van der Waals surface area contributed by atoms with E-state index in [9.17, 15) is 9.59 Å². The maximum absolute atomic E-state index is 12.0. The standard InChI is InChI=1S/C11H16N4O3S/c16-10(17)8-7-19-6-5-15(8)11(18)14-2-1-9-12-3-4-13-9/h3-4,8H,1-2,5-7H2,(H,12,13)(H,14,18)(H,16,17). The number of aliphatic carboxylic acids is 1. The monoisotopic (exact) mass is 284 g/mol. The van der Waals surface area contributed by atoms with Gasteiger partial charge in [-0.3, -0.25) is 0 Å². The van der Waals surface area contributed by atoms with Gasteiger partial charge in [-0.2, -0.15) is 11.8 Å². The molecule has 104 valence electrons. The Bertz CT molecular complexity index is 437. The highest BCUT2D eigenvalue weighted by Crippen LogP contribution is 2.16. The lowest BCUT2D eigenvalue weighted by molar-refractivity contribution is -0.141. The highest BCUT2D eigenvalue weighted by atomic mass is 32.2. The molecule has 0 saturated carbocycles. The fourth-order valence-electron chi connectivity index (χ4n) is 1.88. The second-order valence-electron chi connectivity index (χ2n) is 4.14. The van der Waals surface area contributed by atoms with Crippen molar-refractivity contribution in [3.8, 4) is 0 Å². The number of nitrogens with zero attached hydrogens (tertiary/aromatic N) is 2. The molecule has 2 heterocycles. The molecule has 1 saturated heterocycles. The molecule has 0 radical (unpaired) electrons. The van der Waals surface area contributed by atoms with Crippen molar-refractivity contribution in [3.63, 3.8) is 0 Å². The van der Waals surface area contributed by atoms with Crippen molar-refractivity contribution in [1.82, 2.24) is 20.2 Å². The van der Waals surface area contributed by atoms with Crippen LogP contribution >= 0.6 is 11.8 Å². The third-order valence-corrected chi connectivity index (χ3v) is 3.89. The second kappa shape index (κ2) is 6.46. The van der Waals surface area contributed by atoms with Gasteiger partial charge in [-0.25, -0.2) is 14.6 Å². The van der Waals surface area contributed by atoms with Crippen molar-refractivity contribution in [1.29, 1.82) is 0 Å². The molecule has 2 rings (SSSR count). The van der Waals surface area contributed by atoms with Crippen LogP contribution in [-0.2, 0) is 11.2 Å². The van der Waals surface area contributed by atoms with Crippen molar-refractivity contribution < 1.29 is 14.7 Å². The van der Waals surface area contributed by atoms with Gasteiger partial charge in [0.2, 0.25) is 0 Å². The number of imidazole rings is 1. The number of rotatable bonds is 4. The molecule has 1 unspecified atom stereocenters. The minimum Gasteiger partial charge on any atom is -0.480 e. The summed E-state index contributed by atoms with van der Waals surface area (Å²) in [4.78, 5) is 31.4. The molecule has 1 fully saturated rings. The summed E-state index contributed by atoms with van der Waals surface area (Å²) in [5.41, 5.74) is 0. The molecule has 1 aromatic rings. The third-order valence-electron chi connectivity index (χ3n) is 2.87. The predicted octanol–water partition coefficient (Wildman–Crippen LogP) is 0.164. The van der Waals surface area contributed by atoms with Crippen LogP contribution in [0.3, 0.4) is 0 Å². The van der Waals surface area contributed by atoms with Gasteiger partial charge < -0.3 is 20.3 Å². The van der Waals surface area contributed by atoms with E-state index >= 15 is 0 Å². The maximum atomic E-state index is 12.0. The molecule has 2 amide bonds. The summed E-state index contributed by atoms with van der Waals surface area (Å²) in [7, 11) is 0. The Balaban J connectivity index is 1.82. The molecule has 0 spiro atoms. The van der Waals surface area contributed by atoms with E-state index in [2.05, 4.69) is 15.3 Å². The number of thioether (sulfide) groups is 1. The lowest BCUT2D eigenvalue weighted by atomic mass is 10.3. The van der Waals surface area contributed by atoms with E-state index < -0.39 is 12.0 Å². The van der Waals surface area contributed by atoms with Gasteiger partial charge in [0.05, 0.1) is 0 Å². The van der Waals surface area contributed by atoms with Gasteiger partial charge in [0, 0.05) is 43.4 Å². The molecule has 0 aliphatic carbocycles. The van der Waals surface area contributed by atoms with Gasteiger partial charge in [0.25, 0.3) is 0 Å². The van der Waals surface area contributed by atoms with E-state index in [4.69, 9.17) is 5.11 Å². The normalized spacial score (nSPS) is 19.2. The molecule has 0 aromatic carbocycles. The van der Waals surface area contributed by atoms with E-state index in [0.29, 0.717) is 25.3 Å². The summed E-state index contributed by atoms with van der Waals surface area (Å²) >= 11 is 1.56. The minimum atomic E-state index is -0.951. The molecule has 7 nitrogen and oxygen atoms in total. The fraction of sp³-hybridized carbons (Fsp3) is 0.545. The number of carbonyl (C=O) groups excluding carboxylic acids is 1. The topological polar surface area (TPSA) is 98.3 Å². The first-order valence-corrected chi connectivity index (χ1v) is 7.17. The third kappa shape index (κ3) is 3.63. The van der Waals surface area contributed by atoms with Gasteiger partial charge in [-0.05, 0) is 0 Å². The first kappa shape index (κ1) is 13.7. The molecule has 1 aliphatic heterocycles. The Kier molecular flexibility index (Phi) is 4.67. The Labute approximate surface area is 114 Å². The molecule has 1 aromatic heterocycles. The van der Waals surface area contributed by atoms with Crippen LogP contribution in [0.1, 0.15) is 5.82 Å². The molecule has 1 aliphatic rings. The maximum Gasteiger partial charge on any atom is 0.327 e. The van der Waals surface area contributed by atoms with Crippen LogP contribution < -0.4 is 5.32 Å². The molecule has 19 heavy (non-hydrogen) atoms. The quantitative estimate of drug-likeness (QED) is 0.732. The second-order valence-corrected chi connectivity index (χ2v) is 5.29. The van der Waals surface area contributed by atoms with Crippen LogP contribution in [0.4, 0.5) is 4.79 Å². The number of carboxylic acids is 1. The Morgan fingerprint density at radius 1 is 1.63 bits per heavy atom. The van der Waals surface area contributed by atoms with E-state index in [1.807, 2.05) is 0 Å². The molecular weight excluding hydrogens is 268 g/mol. The van der Waals surface area contributed by atoms with Crippen LogP contribution in [-0.4, -0.2) is 62.6 Å². The number of carboxylic acid groups (broad SMARTS) is 1. The van der Waals surface area contributed by atoms with E-state index in [-0.39, 0.29) is 6.03 Å². The fourth-order valence-corrected chi connectivity index (χ4v) is 2.91. The van der Waals surface area contributed by atoms with Gasteiger partial charge in [0.15, 0.2) is 0 Å². The zero-order valence-corrected chi connectivity index (χ0v) is 11.2. The summed E-state index contributed by atoms with van der Waals surface area (Å²) in [6.45, 7) is 0.899. The molecule has 0 bridgehead atoms. The van der Waals surface area contributed by atoms with Gasteiger partial charge >= 0.3 is 12.0 Å². The number of H-pyrrole nitrogens is 1. The Morgan fingerprint density at radius 3 is 3.16 bits per heavy atom. The predicted molar refractivity (Wildman–Crippen MR) is 71.1 cm³/mol. The summed E-state index contributed by atoms with van der Waals surface area (Å²) in [6, 6.07) is -1.05. The number of carbonyl (C=O) groups is 2. The SMILES string of the molecule is O=C(O)C1CSCCN1C(=O)NCCc1ncc[nH]1. The van der Waals surface area contributed by atoms with Crippen LogP contribution in [0.2, 0.25) is 0 Å². The summed E-state index contributed by atoms with van der Waals surface area (Å²) < 4.78 is 0. The molecule has 8 heteroatoms. The van der Waals surface area contributed by atoms with Crippen molar-refractivity contribution in [2.45, 2.75) is 12.5 Å². The van der Waals surface area contributed by atoms with Crippen LogP contribution in [0, 0.1) is 0 Å². The van der Waals surface area contributed by atoms with Gasteiger partial charge in [-0.1, -0.05) is 0 Å². The lowest BCUT2D eigenvalue weighted by Gasteiger charge is -2.32. The largest absolute Gasteiger partial charge is 0.480 e.